The molecule has 0 atom stereocenters. The van der Waals surface area contributed by atoms with Gasteiger partial charge in [0.1, 0.15) is 17.3 Å². The van der Waals surface area contributed by atoms with Gasteiger partial charge in [-0.05, 0) is 46.1 Å². The van der Waals surface area contributed by atoms with Gasteiger partial charge in [-0.1, -0.05) is 0 Å². The van der Waals surface area contributed by atoms with E-state index in [1.807, 2.05) is 0 Å². The summed E-state index contributed by atoms with van der Waals surface area (Å²) in [6.07, 6.45) is 0. The van der Waals surface area contributed by atoms with Gasteiger partial charge in [-0.2, -0.15) is 9.36 Å². The Morgan fingerprint density at radius 3 is 2.76 bits per heavy atom. The number of anilines is 1. The molecule has 3 rings (SSSR count). The normalized spacial score (nSPS) is 10.6. The number of phenolic OH excluding ortho intramolecular Hbond substituents is 1. The van der Waals surface area contributed by atoms with Crippen LogP contribution < -0.4 is 11.0 Å². The Labute approximate surface area is 145 Å². The summed E-state index contributed by atoms with van der Waals surface area (Å²) >= 11 is 1.32. The van der Waals surface area contributed by atoms with Gasteiger partial charge >= 0.3 is 5.69 Å². The molecule has 0 aliphatic rings. The van der Waals surface area contributed by atoms with Gasteiger partial charge in [0.15, 0.2) is 5.78 Å². The summed E-state index contributed by atoms with van der Waals surface area (Å²) in [6, 6.07) is 7.53. The smallest absolute Gasteiger partial charge is 0.369 e. The molecule has 2 N–H and O–H groups in total. The lowest BCUT2D eigenvalue weighted by Crippen LogP contribution is -2.27. The summed E-state index contributed by atoms with van der Waals surface area (Å²) in [5.41, 5.74) is -0.191. The molecule has 3 aromatic rings. The zero-order chi connectivity index (χ0) is 18.0. The van der Waals surface area contributed by atoms with Crippen molar-refractivity contribution in [3.05, 3.63) is 51.8 Å². The molecule has 128 valence electrons. The molecule has 2 aromatic heterocycles. The van der Waals surface area contributed by atoms with Crippen LogP contribution in [-0.2, 0) is 11.3 Å². The third kappa shape index (κ3) is 3.48. The van der Waals surface area contributed by atoms with Crippen LogP contribution in [0.5, 0.6) is 5.75 Å². The third-order valence-electron chi connectivity index (χ3n) is 3.28. The van der Waals surface area contributed by atoms with Crippen molar-refractivity contribution in [1.29, 1.82) is 0 Å². The van der Waals surface area contributed by atoms with Crippen molar-refractivity contribution in [2.75, 3.05) is 5.32 Å². The molecule has 10 heteroatoms. The highest BCUT2D eigenvalue weighted by Crippen LogP contribution is 2.24. The van der Waals surface area contributed by atoms with Crippen molar-refractivity contribution in [2.45, 2.75) is 13.5 Å². The first-order chi connectivity index (χ1) is 12.0. The molecule has 0 unspecified atom stereocenters. The van der Waals surface area contributed by atoms with Crippen molar-refractivity contribution in [1.82, 2.24) is 19.8 Å². The van der Waals surface area contributed by atoms with E-state index in [1.165, 1.54) is 36.5 Å². The van der Waals surface area contributed by atoms with Gasteiger partial charge in [-0.15, -0.1) is 11.3 Å². The fraction of sp³-hybridized carbons (Fsp3) is 0.133. The number of rotatable bonds is 5. The van der Waals surface area contributed by atoms with Gasteiger partial charge in [-0.25, -0.2) is 4.79 Å². The van der Waals surface area contributed by atoms with Crippen LogP contribution in [0.4, 0.5) is 5.69 Å². The molecule has 2 heterocycles. The second kappa shape index (κ2) is 6.69. The molecule has 1 aromatic carbocycles. The van der Waals surface area contributed by atoms with E-state index >= 15 is 0 Å². The van der Waals surface area contributed by atoms with Gasteiger partial charge in [0.05, 0.1) is 5.69 Å². The fourth-order valence-electron chi connectivity index (χ4n) is 2.13. The minimum atomic E-state index is -0.531. The predicted octanol–water partition coefficient (Wildman–Crippen LogP) is 1.04. The molecule has 0 aliphatic carbocycles. The Hall–Kier alpha value is -3.27. The lowest BCUT2D eigenvalue weighted by atomic mass is 10.1. The van der Waals surface area contributed by atoms with Crippen LogP contribution in [0.25, 0.3) is 5.00 Å². The number of carbonyl (C=O) groups is 2. The molecular weight excluding hydrogens is 346 g/mol. The Balaban J connectivity index is 1.84. The summed E-state index contributed by atoms with van der Waals surface area (Å²) < 4.78 is 2.06. The van der Waals surface area contributed by atoms with E-state index in [1.54, 1.807) is 17.5 Å². The number of hydrogen-bond acceptors (Lipinski definition) is 7. The maximum atomic E-state index is 12.4. The van der Waals surface area contributed by atoms with Crippen LogP contribution in [0.2, 0.25) is 0 Å². The van der Waals surface area contributed by atoms with Crippen molar-refractivity contribution in [3.8, 4) is 10.8 Å². The van der Waals surface area contributed by atoms with Crippen LogP contribution >= 0.6 is 11.3 Å². The van der Waals surface area contributed by atoms with Crippen LogP contribution in [0.1, 0.15) is 17.3 Å². The zero-order valence-corrected chi connectivity index (χ0v) is 13.9. The number of nitrogens with one attached hydrogen (secondary N) is 1. The number of ketones is 1. The van der Waals surface area contributed by atoms with E-state index in [9.17, 15) is 19.5 Å². The monoisotopic (exact) mass is 359 g/mol. The standard InChI is InChI=1S/C15H13N5O4S/c1-9(21)16-11-7-10(4-5-12(11)22)13(23)8-19-15(24)20(18-17-19)14-3-2-6-25-14/h2-7,22H,8H2,1H3,(H,16,21). The summed E-state index contributed by atoms with van der Waals surface area (Å²) in [4.78, 5) is 35.8. The average Bonchev–Trinajstić information content (AvgIpc) is 3.20. The van der Waals surface area contributed by atoms with Gasteiger partial charge < -0.3 is 10.4 Å². The number of benzene rings is 1. The first-order valence-corrected chi connectivity index (χ1v) is 8.04. The number of thiophene rings is 1. The maximum absolute atomic E-state index is 12.4. The third-order valence-corrected chi connectivity index (χ3v) is 4.12. The molecule has 0 spiro atoms. The lowest BCUT2D eigenvalue weighted by Gasteiger charge is -2.07. The Bertz CT molecular complexity index is 990. The number of phenols is 1. The first kappa shape index (κ1) is 16.6. The molecule has 0 saturated heterocycles. The van der Waals surface area contributed by atoms with E-state index < -0.39 is 11.5 Å². The minimum Gasteiger partial charge on any atom is -0.506 e. The highest BCUT2D eigenvalue weighted by atomic mass is 32.1. The molecular formula is C15H13N5O4S. The minimum absolute atomic E-state index is 0.118. The van der Waals surface area contributed by atoms with Crippen molar-refractivity contribution in [2.24, 2.45) is 0 Å². The van der Waals surface area contributed by atoms with Crippen LogP contribution in [0, 0.1) is 0 Å². The molecule has 25 heavy (non-hydrogen) atoms. The number of nitrogens with zero attached hydrogens (tertiary/aromatic N) is 4. The summed E-state index contributed by atoms with van der Waals surface area (Å²) in [7, 11) is 0. The van der Waals surface area contributed by atoms with E-state index in [0.29, 0.717) is 5.00 Å². The average molecular weight is 359 g/mol. The quantitative estimate of drug-likeness (QED) is 0.519. The highest BCUT2D eigenvalue weighted by molar-refractivity contribution is 7.12. The second-order valence-electron chi connectivity index (χ2n) is 5.12. The molecule has 0 saturated carbocycles. The van der Waals surface area contributed by atoms with Gasteiger partial charge in [0.25, 0.3) is 0 Å². The second-order valence-corrected chi connectivity index (χ2v) is 6.04. The largest absolute Gasteiger partial charge is 0.506 e. The van der Waals surface area contributed by atoms with Crippen molar-refractivity contribution >= 4 is 28.7 Å². The summed E-state index contributed by atoms with van der Waals surface area (Å²) in [5, 5.41) is 22.0. The number of Topliss-reactive ketones (excluding diaryl/α,β-unsaturated/α-hetero) is 1. The van der Waals surface area contributed by atoms with E-state index in [2.05, 4.69) is 15.7 Å². The van der Waals surface area contributed by atoms with Crippen molar-refractivity contribution in [3.63, 3.8) is 0 Å². The summed E-state index contributed by atoms with van der Waals surface area (Å²) in [5.74, 6) is -0.950. The number of aromatic nitrogens is 4. The SMILES string of the molecule is CC(=O)Nc1cc(C(=O)Cn2nnn(-c3cccs3)c2=O)ccc1O. The molecule has 9 nitrogen and oxygen atoms in total. The van der Waals surface area contributed by atoms with Crippen LogP contribution in [0.3, 0.4) is 0 Å². The molecule has 0 bridgehead atoms. The van der Waals surface area contributed by atoms with Gasteiger partial charge in [-0.3, -0.25) is 9.59 Å². The van der Waals surface area contributed by atoms with Crippen LogP contribution in [-0.4, -0.2) is 36.6 Å². The molecule has 0 radical (unpaired) electrons. The first-order valence-electron chi connectivity index (χ1n) is 7.16. The number of tetrazole rings is 1. The topological polar surface area (TPSA) is 119 Å². The number of carbonyl (C=O) groups excluding carboxylic acids is 2. The molecule has 1 amide bonds. The summed E-state index contributed by atoms with van der Waals surface area (Å²) in [6.45, 7) is 0.977. The Morgan fingerprint density at radius 1 is 1.28 bits per heavy atom. The maximum Gasteiger partial charge on any atom is 0.369 e. The number of aromatic hydroxyl groups is 1. The van der Waals surface area contributed by atoms with Crippen LogP contribution in [0.15, 0.2) is 40.5 Å². The number of amides is 1. The zero-order valence-electron chi connectivity index (χ0n) is 13.0. The van der Waals surface area contributed by atoms with Gasteiger partial charge in [0, 0.05) is 12.5 Å². The Kier molecular flexibility index (Phi) is 4.44. The van der Waals surface area contributed by atoms with Crippen molar-refractivity contribution < 1.29 is 14.7 Å². The van der Waals surface area contributed by atoms with Gasteiger partial charge in [0.2, 0.25) is 5.91 Å². The fourth-order valence-corrected chi connectivity index (χ4v) is 2.80. The molecule has 0 aliphatic heterocycles. The Morgan fingerprint density at radius 2 is 2.08 bits per heavy atom. The predicted molar refractivity (Wildman–Crippen MR) is 90.2 cm³/mol. The van der Waals surface area contributed by atoms with E-state index in [4.69, 9.17) is 0 Å². The highest BCUT2D eigenvalue weighted by Gasteiger charge is 2.15. The molecule has 0 fully saturated rings. The number of hydrogen-bond donors (Lipinski definition) is 2. The lowest BCUT2D eigenvalue weighted by molar-refractivity contribution is -0.114. The van der Waals surface area contributed by atoms with E-state index in [0.717, 1.165) is 9.36 Å². The van der Waals surface area contributed by atoms with E-state index in [-0.39, 0.29) is 29.5 Å².